The Bertz CT molecular complexity index is 689. The van der Waals surface area contributed by atoms with Gasteiger partial charge in [-0.15, -0.1) is 0 Å². The van der Waals surface area contributed by atoms with Crippen LogP contribution in [0.15, 0.2) is 18.2 Å². The van der Waals surface area contributed by atoms with Crippen LogP contribution in [-0.2, 0) is 0 Å². The lowest BCUT2D eigenvalue weighted by Gasteiger charge is -2.56. The van der Waals surface area contributed by atoms with Crippen LogP contribution in [0.1, 0.15) is 55.3 Å². The second-order valence-corrected chi connectivity index (χ2v) is 9.96. The third kappa shape index (κ3) is 5.07. The third-order valence-corrected chi connectivity index (χ3v) is 7.47. The molecule has 4 saturated carbocycles. The first kappa shape index (κ1) is 21.0. The average molecular weight is 420 g/mol. The van der Waals surface area contributed by atoms with E-state index < -0.39 is 0 Å². The van der Waals surface area contributed by atoms with Gasteiger partial charge in [-0.1, -0.05) is 11.6 Å². The Hall–Kier alpha value is -1.30. The monoisotopic (exact) mass is 419 g/mol. The molecule has 0 heterocycles. The average Bonchev–Trinajstić information content (AvgIpc) is 2.69. The normalized spacial score (nSPS) is 29.8. The number of halogens is 1. The van der Waals surface area contributed by atoms with Crippen LogP contribution in [0.5, 0.6) is 0 Å². The highest BCUT2D eigenvalue weighted by molar-refractivity contribution is 6.34. The van der Waals surface area contributed by atoms with Gasteiger partial charge in [0, 0.05) is 31.9 Å². The molecule has 29 heavy (non-hydrogen) atoms. The summed E-state index contributed by atoms with van der Waals surface area (Å²) in [5.41, 5.74) is 1.78. The minimum Gasteiger partial charge on any atom is -0.396 e. The van der Waals surface area contributed by atoms with Crippen molar-refractivity contribution in [2.75, 3.05) is 38.1 Å². The molecule has 5 nitrogen and oxygen atoms in total. The minimum atomic E-state index is -0.0598. The Morgan fingerprint density at radius 2 is 1.76 bits per heavy atom. The summed E-state index contributed by atoms with van der Waals surface area (Å²) in [7, 11) is 0. The number of rotatable bonds is 10. The molecule has 4 N–H and O–H groups in total. The number of hydrogen-bond acceptors (Lipinski definition) is 4. The number of aliphatic hydroxyl groups is 1. The van der Waals surface area contributed by atoms with Gasteiger partial charge in [0.15, 0.2) is 0 Å². The maximum absolute atomic E-state index is 12.9. The lowest BCUT2D eigenvalue weighted by atomic mass is 9.49. The molecule has 0 unspecified atom stereocenters. The number of anilines is 1. The Kier molecular flexibility index (Phi) is 6.67. The van der Waals surface area contributed by atoms with E-state index in [1.54, 1.807) is 6.07 Å². The van der Waals surface area contributed by atoms with Gasteiger partial charge in [-0.3, -0.25) is 4.79 Å². The van der Waals surface area contributed by atoms with Gasteiger partial charge in [0.05, 0.1) is 10.6 Å². The summed E-state index contributed by atoms with van der Waals surface area (Å²) in [5, 5.41) is 19.1. The highest BCUT2D eigenvalue weighted by atomic mass is 35.5. The molecule has 0 radical (unpaired) electrons. The quantitative estimate of drug-likeness (QED) is 0.436. The lowest BCUT2D eigenvalue weighted by molar-refractivity contribution is -0.0503. The number of benzene rings is 1. The van der Waals surface area contributed by atoms with Crippen molar-refractivity contribution in [2.45, 2.75) is 44.9 Å². The van der Waals surface area contributed by atoms with Gasteiger partial charge in [0.2, 0.25) is 0 Å². The highest BCUT2D eigenvalue weighted by Crippen LogP contribution is 2.59. The molecule has 0 spiro atoms. The van der Waals surface area contributed by atoms with Crippen LogP contribution < -0.4 is 16.0 Å². The Labute approximate surface area is 179 Å². The molecule has 0 saturated heterocycles. The summed E-state index contributed by atoms with van der Waals surface area (Å²) in [4.78, 5) is 12.9. The zero-order valence-corrected chi connectivity index (χ0v) is 17.9. The summed E-state index contributed by atoms with van der Waals surface area (Å²) >= 11 is 6.34. The van der Waals surface area contributed by atoms with Crippen LogP contribution >= 0.6 is 11.6 Å². The first-order valence-electron chi connectivity index (χ1n) is 11.2. The molecule has 1 aromatic rings. The summed E-state index contributed by atoms with van der Waals surface area (Å²) in [5.74, 6) is 2.61. The summed E-state index contributed by atoms with van der Waals surface area (Å²) in [6.45, 7) is 3.35. The van der Waals surface area contributed by atoms with E-state index in [4.69, 9.17) is 16.7 Å². The van der Waals surface area contributed by atoms with E-state index in [0.29, 0.717) is 16.0 Å². The molecular weight excluding hydrogens is 386 g/mol. The van der Waals surface area contributed by atoms with Crippen molar-refractivity contribution in [3.8, 4) is 0 Å². The first-order valence-corrected chi connectivity index (χ1v) is 11.6. The molecular formula is C23H34ClN3O2. The summed E-state index contributed by atoms with van der Waals surface area (Å²) < 4.78 is 0. The molecule has 6 heteroatoms. The topological polar surface area (TPSA) is 73.4 Å². The molecule has 0 aromatic heterocycles. The molecule has 160 valence electrons. The molecule has 4 fully saturated rings. The SMILES string of the molecule is O=C(NCC12CC3CC(CC(C3)C1)C2)c1cc(NCCNCCCO)ccc1Cl. The number of aliphatic hydroxyl groups excluding tert-OH is 1. The van der Waals surface area contributed by atoms with Gasteiger partial charge in [0.1, 0.15) is 0 Å². The van der Waals surface area contributed by atoms with Crippen molar-refractivity contribution in [3.05, 3.63) is 28.8 Å². The maximum Gasteiger partial charge on any atom is 0.252 e. The molecule has 5 rings (SSSR count). The maximum atomic E-state index is 12.9. The zero-order valence-electron chi connectivity index (χ0n) is 17.2. The fourth-order valence-corrected chi connectivity index (χ4v) is 6.51. The lowest BCUT2D eigenvalue weighted by Crippen LogP contribution is -2.51. The van der Waals surface area contributed by atoms with Crippen molar-refractivity contribution in [2.24, 2.45) is 23.2 Å². The van der Waals surface area contributed by atoms with Crippen LogP contribution in [0.3, 0.4) is 0 Å². The smallest absolute Gasteiger partial charge is 0.252 e. The first-order chi connectivity index (χ1) is 14.1. The molecule has 4 aliphatic rings. The summed E-state index contributed by atoms with van der Waals surface area (Å²) in [6, 6.07) is 5.56. The largest absolute Gasteiger partial charge is 0.396 e. The van der Waals surface area contributed by atoms with Crippen molar-refractivity contribution in [1.82, 2.24) is 10.6 Å². The predicted octanol–water partition coefficient (Wildman–Crippen LogP) is 3.67. The van der Waals surface area contributed by atoms with Gasteiger partial charge < -0.3 is 21.1 Å². The second kappa shape index (κ2) is 9.23. The Balaban J connectivity index is 1.30. The molecule has 4 aliphatic carbocycles. The number of carbonyl (C=O) groups excluding carboxylic acids is 1. The number of nitrogens with one attached hydrogen (secondary N) is 3. The summed E-state index contributed by atoms with van der Waals surface area (Å²) in [6.07, 6.45) is 8.88. The van der Waals surface area contributed by atoms with Gasteiger partial charge in [-0.2, -0.15) is 0 Å². The van der Waals surface area contributed by atoms with E-state index in [0.717, 1.165) is 56.0 Å². The van der Waals surface area contributed by atoms with E-state index in [9.17, 15) is 4.79 Å². The standard InChI is InChI=1S/C23H34ClN3O2/c24-21-3-2-19(26-6-5-25-4-1-7-28)11-20(21)22(29)27-15-23-12-16-8-17(13-23)10-18(9-16)14-23/h2-3,11,16-18,25-26,28H,1,4-10,12-15H2,(H,27,29). The van der Waals surface area contributed by atoms with E-state index in [1.165, 1.54) is 38.5 Å². The van der Waals surface area contributed by atoms with E-state index in [-0.39, 0.29) is 12.5 Å². The molecule has 4 bridgehead atoms. The van der Waals surface area contributed by atoms with Crippen molar-refractivity contribution < 1.29 is 9.90 Å². The van der Waals surface area contributed by atoms with E-state index in [1.807, 2.05) is 12.1 Å². The van der Waals surface area contributed by atoms with Gasteiger partial charge >= 0.3 is 0 Å². The fourth-order valence-electron chi connectivity index (χ4n) is 6.30. The van der Waals surface area contributed by atoms with Crippen molar-refractivity contribution in [1.29, 1.82) is 0 Å². The zero-order chi connectivity index (χ0) is 20.3. The Morgan fingerprint density at radius 1 is 1.07 bits per heavy atom. The van der Waals surface area contributed by atoms with Crippen LogP contribution in [0, 0.1) is 23.2 Å². The van der Waals surface area contributed by atoms with Crippen LogP contribution in [0.2, 0.25) is 5.02 Å². The fraction of sp³-hybridized carbons (Fsp3) is 0.696. The molecule has 0 aliphatic heterocycles. The van der Waals surface area contributed by atoms with Gasteiger partial charge in [-0.05, 0) is 92.9 Å². The van der Waals surface area contributed by atoms with E-state index >= 15 is 0 Å². The molecule has 1 aromatic carbocycles. The molecule has 1 amide bonds. The third-order valence-electron chi connectivity index (χ3n) is 7.14. The van der Waals surface area contributed by atoms with Crippen LogP contribution in [-0.4, -0.2) is 43.8 Å². The van der Waals surface area contributed by atoms with Crippen LogP contribution in [0.4, 0.5) is 5.69 Å². The highest BCUT2D eigenvalue weighted by Gasteiger charge is 2.50. The van der Waals surface area contributed by atoms with Crippen molar-refractivity contribution in [3.63, 3.8) is 0 Å². The van der Waals surface area contributed by atoms with Gasteiger partial charge in [-0.25, -0.2) is 0 Å². The number of amides is 1. The van der Waals surface area contributed by atoms with E-state index in [2.05, 4.69) is 16.0 Å². The minimum absolute atomic E-state index is 0.0598. The second-order valence-electron chi connectivity index (χ2n) is 9.55. The number of carbonyl (C=O) groups is 1. The number of hydrogen-bond donors (Lipinski definition) is 4. The Morgan fingerprint density at radius 3 is 2.41 bits per heavy atom. The van der Waals surface area contributed by atoms with Crippen molar-refractivity contribution >= 4 is 23.2 Å². The predicted molar refractivity (Wildman–Crippen MR) is 117 cm³/mol. The molecule has 0 atom stereocenters. The van der Waals surface area contributed by atoms with Crippen LogP contribution in [0.25, 0.3) is 0 Å². The van der Waals surface area contributed by atoms with Gasteiger partial charge in [0.25, 0.3) is 5.91 Å².